The fraction of sp³-hybridized carbons (Fsp3) is 0.909. The molecule has 0 spiro atoms. The lowest BCUT2D eigenvalue weighted by atomic mass is 10.0. The van der Waals surface area contributed by atoms with Gasteiger partial charge in [-0.05, 0) is 43.2 Å². The Kier molecular flexibility index (Phi) is 4.32. The number of carbonyl (C=O) groups excluding carboxylic acids is 1. The molecule has 2 aliphatic heterocycles. The third kappa shape index (κ3) is 3.68. The van der Waals surface area contributed by atoms with Crippen molar-refractivity contribution in [2.75, 3.05) is 24.6 Å². The number of nitrogens with one attached hydrogen (secondary N) is 2. The van der Waals surface area contributed by atoms with Crippen molar-refractivity contribution in [1.29, 1.82) is 0 Å². The second-order valence-electron chi connectivity index (χ2n) is 4.52. The van der Waals surface area contributed by atoms with Gasteiger partial charge in [0.2, 0.25) is 5.91 Å². The second kappa shape index (κ2) is 5.75. The molecule has 3 nitrogen and oxygen atoms in total. The Balaban J connectivity index is 1.56. The molecule has 2 saturated heterocycles. The topological polar surface area (TPSA) is 41.1 Å². The molecule has 2 aliphatic rings. The van der Waals surface area contributed by atoms with Crippen LogP contribution in [0.4, 0.5) is 0 Å². The molecular formula is C11H20N2OS. The Labute approximate surface area is 95.8 Å². The fourth-order valence-electron chi connectivity index (χ4n) is 2.24. The predicted octanol–water partition coefficient (Wildman–Crippen LogP) is 0.998. The molecule has 0 saturated carbocycles. The normalized spacial score (nSPS) is 28.0. The summed E-state index contributed by atoms with van der Waals surface area (Å²) >= 11 is 2.07. The smallest absolute Gasteiger partial charge is 0.220 e. The van der Waals surface area contributed by atoms with E-state index in [1.165, 1.54) is 24.3 Å². The minimum absolute atomic E-state index is 0.218. The molecule has 2 N–H and O–H groups in total. The van der Waals surface area contributed by atoms with Gasteiger partial charge in [0.25, 0.3) is 0 Å². The van der Waals surface area contributed by atoms with Crippen LogP contribution in [0.2, 0.25) is 0 Å². The van der Waals surface area contributed by atoms with E-state index in [9.17, 15) is 4.79 Å². The standard InChI is InChI=1S/C11H20N2OS/c14-11-2-1-10(13-11)8-12-7-9-3-5-15-6-4-9/h9-10,12H,1-8H2,(H,13,14). The first-order valence-corrected chi connectivity index (χ1v) is 7.08. The van der Waals surface area contributed by atoms with Crippen LogP contribution in [0.5, 0.6) is 0 Å². The largest absolute Gasteiger partial charge is 0.352 e. The van der Waals surface area contributed by atoms with Gasteiger partial charge in [-0.25, -0.2) is 0 Å². The van der Waals surface area contributed by atoms with Crippen molar-refractivity contribution in [3.05, 3.63) is 0 Å². The zero-order valence-electron chi connectivity index (χ0n) is 9.13. The first-order chi connectivity index (χ1) is 7.34. The Bertz CT molecular complexity index is 217. The van der Waals surface area contributed by atoms with Gasteiger partial charge in [0.15, 0.2) is 0 Å². The van der Waals surface area contributed by atoms with Crippen molar-refractivity contribution >= 4 is 17.7 Å². The van der Waals surface area contributed by atoms with Crippen LogP contribution in [0, 0.1) is 5.92 Å². The molecule has 2 heterocycles. The van der Waals surface area contributed by atoms with Gasteiger partial charge in [-0.2, -0.15) is 11.8 Å². The third-order valence-corrected chi connectivity index (χ3v) is 4.30. The van der Waals surface area contributed by atoms with Crippen molar-refractivity contribution in [3.63, 3.8) is 0 Å². The fourth-order valence-corrected chi connectivity index (χ4v) is 3.45. The summed E-state index contributed by atoms with van der Waals surface area (Å²) in [5, 5.41) is 6.48. The summed E-state index contributed by atoms with van der Waals surface area (Å²) in [6, 6.07) is 0.385. The van der Waals surface area contributed by atoms with Gasteiger partial charge in [-0.15, -0.1) is 0 Å². The molecule has 0 aromatic heterocycles. The van der Waals surface area contributed by atoms with Crippen molar-refractivity contribution < 1.29 is 4.79 Å². The number of hydrogen-bond acceptors (Lipinski definition) is 3. The Hall–Kier alpha value is -0.220. The average molecular weight is 228 g/mol. The minimum atomic E-state index is 0.218. The second-order valence-corrected chi connectivity index (χ2v) is 5.74. The first-order valence-electron chi connectivity index (χ1n) is 5.92. The molecule has 2 rings (SSSR count). The predicted molar refractivity (Wildman–Crippen MR) is 64.1 cm³/mol. The van der Waals surface area contributed by atoms with Crippen LogP contribution in [0.1, 0.15) is 25.7 Å². The van der Waals surface area contributed by atoms with Crippen LogP contribution in [0.25, 0.3) is 0 Å². The highest BCUT2D eigenvalue weighted by molar-refractivity contribution is 7.99. The molecule has 15 heavy (non-hydrogen) atoms. The Morgan fingerprint density at radius 1 is 1.27 bits per heavy atom. The van der Waals surface area contributed by atoms with Crippen LogP contribution in [-0.2, 0) is 4.79 Å². The summed E-state index contributed by atoms with van der Waals surface area (Å²) in [7, 11) is 0. The van der Waals surface area contributed by atoms with Gasteiger partial charge in [-0.1, -0.05) is 0 Å². The Morgan fingerprint density at radius 2 is 2.07 bits per heavy atom. The Morgan fingerprint density at radius 3 is 2.73 bits per heavy atom. The number of rotatable bonds is 4. The first kappa shape index (κ1) is 11.3. The van der Waals surface area contributed by atoms with E-state index in [-0.39, 0.29) is 5.91 Å². The molecular weight excluding hydrogens is 208 g/mol. The number of hydrogen-bond donors (Lipinski definition) is 2. The summed E-state index contributed by atoms with van der Waals surface area (Å²) < 4.78 is 0. The molecule has 4 heteroatoms. The van der Waals surface area contributed by atoms with E-state index in [1.807, 2.05) is 0 Å². The maximum atomic E-state index is 11.0. The molecule has 0 aromatic rings. The summed E-state index contributed by atoms with van der Waals surface area (Å²) in [5.74, 6) is 3.73. The van der Waals surface area contributed by atoms with Gasteiger partial charge in [0, 0.05) is 19.0 Å². The average Bonchev–Trinajstić information content (AvgIpc) is 2.66. The molecule has 0 bridgehead atoms. The van der Waals surface area contributed by atoms with Crippen LogP contribution < -0.4 is 10.6 Å². The highest BCUT2D eigenvalue weighted by atomic mass is 32.2. The van der Waals surface area contributed by atoms with Crippen molar-refractivity contribution in [2.24, 2.45) is 5.92 Å². The number of amides is 1. The third-order valence-electron chi connectivity index (χ3n) is 3.25. The SMILES string of the molecule is O=C1CCC(CNCC2CCSCC2)N1. The summed E-state index contributed by atoms with van der Waals surface area (Å²) in [6.07, 6.45) is 4.43. The molecule has 1 amide bonds. The lowest BCUT2D eigenvalue weighted by Gasteiger charge is -2.22. The van der Waals surface area contributed by atoms with Crippen molar-refractivity contribution in [3.8, 4) is 0 Å². The van der Waals surface area contributed by atoms with Crippen LogP contribution >= 0.6 is 11.8 Å². The lowest BCUT2D eigenvalue weighted by molar-refractivity contribution is -0.119. The van der Waals surface area contributed by atoms with Crippen LogP contribution in [0.3, 0.4) is 0 Å². The zero-order chi connectivity index (χ0) is 10.5. The van der Waals surface area contributed by atoms with Gasteiger partial charge in [-0.3, -0.25) is 4.79 Å². The minimum Gasteiger partial charge on any atom is -0.352 e. The highest BCUT2D eigenvalue weighted by Crippen LogP contribution is 2.21. The van der Waals surface area contributed by atoms with Crippen LogP contribution in [-0.4, -0.2) is 36.5 Å². The molecule has 0 aromatic carbocycles. The number of carbonyl (C=O) groups is 1. The van der Waals surface area contributed by atoms with E-state index in [1.54, 1.807) is 0 Å². The molecule has 0 radical (unpaired) electrons. The van der Waals surface area contributed by atoms with E-state index in [0.717, 1.165) is 25.4 Å². The van der Waals surface area contributed by atoms with Gasteiger partial charge < -0.3 is 10.6 Å². The van der Waals surface area contributed by atoms with Crippen LogP contribution in [0.15, 0.2) is 0 Å². The quantitative estimate of drug-likeness (QED) is 0.754. The van der Waals surface area contributed by atoms with Gasteiger partial charge in [0.1, 0.15) is 0 Å². The maximum absolute atomic E-state index is 11.0. The van der Waals surface area contributed by atoms with Gasteiger partial charge >= 0.3 is 0 Å². The zero-order valence-corrected chi connectivity index (χ0v) is 9.94. The number of thioether (sulfide) groups is 1. The summed E-state index contributed by atoms with van der Waals surface area (Å²) in [4.78, 5) is 11.0. The van der Waals surface area contributed by atoms with E-state index in [0.29, 0.717) is 12.5 Å². The van der Waals surface area contributed by atoms with Crippen molar-refractivity contribution in [2.45, 2.75) is 31.7 Å². The molecule has 1 atom stereocenters. The van der Waals surface area contributed by atoms with E-state index in [4.69, 9.17) is 0 Å². The van der Waals surface area contributed by atoms with E-state index >= 15 is 0 Å². The van der Waals surface area contributed by atoms with E-state index in [2.05, 4.69) is 22.4 Å². The highest BCUT2D eigenvalue weighted by Gasteiger charge is 2.20. The summed E-state index contributed by atoms with van der Waals surface area (Å²) in [6.45, 7) is 2.09. The van der Waals surface area contributed by atoms with Crippen molar-refractivity contribution in [1.82, 2.24) is 10.6 Å². The van der Waals surface area contributed by atoms with E-state index < -0.39 is 0 Å². The summed E-state index contributed by atoms with van der Waals surface area (Å²) in [5.41, 5.74) is 0. The molecule has 2 fully saturated rings. The molecule has 1 unspecified atom stereocenters. The maximum Gasteiger partial charge on any atom is 0.220 e. The molecule has 0 aliphatic carbocycles. The molecule has 86 valence electrons. The van der Waals surface area contributed by atoms with Gasteiger partial charge in [0.05, 0.1) is 0 Å². The lowest BCUT2D eigenvalue weighted by Crippen LogP contribution is -2.38. The monoisotopic (exact) mass is 228 g/mol.